The van der Waals surface area contributed by atoms with Gasteiger partial charge in [0.1, 0.15) is 0 Å². The number of nitrogens with zero attached hydrogens (tertiary/aromatic N) is 2. The van der Waals surface area contributed by atoms with Gasteiger partial charge in [0.15, 0.2) is 6.61 Å². The molecule has 2 heterocycles. The van der Waals surface area contributed by atoms with Crippen molar-refractivity contribution >= 4 is 23.3 Å². The third-order valence-electron chi connectivity index (χ3n) is 3.60. The summed E-state index contributed by atoms with van der Waals surface area (Å²) < 4.78 is 10.3. The van der Waals surface area contributed by atoms with E-state index in [9.17, 15) is 9.59 Å². The van der Waals surface area contributed by atoms with Crippen molar-refractivity contribution in [2.24, 2.45) is 0 Å². The molecule has 0 fully saturated rings. The molecule has 0 saturated heterocycles. The number of aromatic nitrogens is 2. The summed E-state index contributed by atoms with van der Waals surface area (Å²) in [5, 5.41) is 11.3. The first-order valence-electron chi connectivity index (χ1n) is 8.68. The average molecular weight is 400 g/mol. The summed E-state index contributed by atoms with van der Waals surface area (Å²) in [6.07, 6.45) is 0. The van der Waals surface area contributed by atoms with Crippen molar-refractivity contribution in [2.45, 2.75) is 33.0 Å². The van der Waals surface area contributed by atoms with Crippen molar-refractivity contribution in [3.05, 3.63) is 58.8 Å². The zero-order chi connectivity index (χ0) is 19.9. The first-order valence-corrected chi connectivity index (χ1v) is 9.56. The number of esters is 1. The summed E-state index contributed by atoms with van der Waals surface area (Å²) in [7, 11) is 0. The van der Waals surface area contributed by atoms with E-state index >= 15 is 0 Å². The molecule has 0 saturated carbocycles. The van der Waals surface area contributed by atoms with Crippen molar-refractivity contribution < 1.29 is 18.8 Å². The molecule has 0 aliphatic rings. The number of benzene rings is 1. The largest absolute Gasteiger partial charge is 0.452 e. The van der Waals surface area contributed by atoms with Crippen LogP contribution in [0.1, 0.15) is 35.7 Å². The molecule has 0 spiro atoms. The first kappa shape index (κ1) is 19.6. The van der Waals surface area contributed by atoms with Gasteiger partial charge in [-0.25, -0.2) is 9.59 Å². The normalized spacial score (nSPS) is 10.7. The molecule has 2 N–H and O–H groups in total. The standard InChI is InChI=1S/C19H20N4O4S/c1-12(2)21-19(25)20-10-13-5-7-14(8-6-13)18(24)26-11-16-22-17(23-27-16)15-4-3-9-28-15/h3-9,12H,10-11H2,1-2H3,(H2,20,21,25). The molecule has 3 aromatic rings. The maximum absolute atomic E-state index is 12.2. The Labute approximate surface area is 165 Å². The lowest BCUT2D eigenvalue weighted by Crippen LogP contribution is -2.39. The maximum atomic E-state index is 12.2. The highest BCUT2D eigenvalue weighted by molar-refractivity contribution is 7.13. The van der Waals surface area contributed by atoms with Gasteiger partial charge in [0.25, 0.3) is 5.89 Å². The molecule has 1 aromatic carbocycles. The van der Waals surface area contributed by atoms with Gasteiger partial charge in [-0.05, 0) is 43.0 Å². The van der Waals surface area contributed by atoms with Crippen LogP contribution >= 0.6 is 11.3 Å². The van der Waals surface area contributed by atoms with Crippen molar-refractivity contribution in [3.8, 4) is 10.7 Å². The number of ether oxygens (including phenoxy) is 1. The average Bonchev–Trinajstić information content (AvgIpc) is 3.36. The zero-order valence-electron chi connectivity index (χ0n) is 15.5. The van der Waals surface area contributed by atoms with E-state index in [2.05, 4.69) is 20.8 Å². The Balaban J connectivity index is 1.49. The molecule has 28 heavy (non-hydrogen) atoms. The molecule has 0 atom stereocenters. The molecular formula is C19H20N4O4S. The van der Waals surface area contributed by atoms with Crippen LogP contribution in [0.4, 0.5) is 4.79 Å². The Hall–Kier alpha value is -3.20. The number of hydrogen-bond donors (Lipinski definition) is 2. The lowest BCUT2D eigenvalue weighted by atomic mass is 10.1. The van der Waals surface area contributed by atoms with Crippen molar-refractivity contribution in [1.82, 2.24) is 20.8 Å². The van der Waals surface area contributed by atoms with E-state index in [0.29, 0.717) is 17.9 Å². The summed E-state index contributed by atoms with van der Waals surface area (Å²) in [5.74, 6) is 0.209. The molecule has 3 rings (SSSR count). The first-order chi connectivity index (χ1) is 13.5. The second-order valence-corrected chi connectivity index (χ2v) is 7.19. The number of hydrogen-bond acceptors (Lipinski definition) is 7. The van der Waals surface area contributed by atoms with Gasteiger partial charge in [-0.3, -0.25) is 0 Å². The number of carbonyl (C=O) groups is 2. The molecule has 0 bridgehead atoms. The molecule has 2 aromatic heterocycles. The number of carbonyl (C=O) groups excluding carboxylic acids is 2. The van der Waals surface area contributed by atoms with Crippen LogP contribution in [-0.4, -0.2) is 28.2 Å². The summed E-state index contributed by atoms with van der Waals surface area (Å²) in [4.78, 5) is 28.8. The smallest absolute Gasteiger partial charge is 0.338 e. The maximum Gasteiger partial charge on any atom is 0.338 e. The van der Waals surface area contributed by atoms with Gasteiger partial charge in [-0.15, -0.1) is 11.3 Å². The molecule has 9 heteroatoms. The number of urea groups is 1. The van der Waals surface area contributed by atoms with E-state index < -0.39 is 5.97 Å². The fraction of sp³-hybridized carbons (Fsp3) is 0.263. The molecule has 0 aliphatic heterocycles. The molecule has 146 valence electrons. The molecule has 0 aliphatic carbocycles. The lowest BCUT2D eigenvalue weighted by molar-refractivity contribution is 0.0430. The van der Waals surface area contributed by atoms with Gasteiger partial charge in [-0.1, -0.05) is 23.4 Å². The van der Waals surface area contributed by atoms with E-state index in [1.165, 1.54) is 11.3 Å². The van der Waals surface area contributed by atoms with Crippen LogP contribution in [0, 0.1) is 0 Å². The SMILES string of the molecule is CC(C)NC(=O)NCc1ccc(C(=O)OCc2nc(-c3cccs3)no2)cc1. The summed E-state index contributed by atoms with van der Waals surface area (Å²) in [6.45, 7) is 4.03. The Kier molecular flexibility index (Phi) is 6.38. The predicted molar refractivity (Wildman–Crippen MR) is 104 cm³/mol. The Bertz CT molecular complexity index is 920. The Morgan fingerprint density at radius 2 is 2.00 bits per heavy atom. The molecule has 0 unspecified atom stereocenters. The van der Waals surface area contributed by atoms with Crippen molar-refractivity contribution in [3.63, 3.8) is 0 Å². The number of amides is 2. The van der Waals surface area contributed by atoms with E-state index in [-0.39, 0.29) is 24.6 Å². The van der Waals surface area contributed by atoms with Gasteiger partial charge in [0, 0.05) is 12.6 Å². The van der Waals surface area contributed by atoms with Crippen molar-refractivity contribution in [2.75, 3.05) is 0 Å². The fourth-order valence-corrected chi connectivity index (χ4v) is 2.93. The van der Waals surface area contributed by atoms with Crippen LogP contribution in [0.2, 0.25) is 0 Å². The quantitative estimate of drug-likeness (QED) is 0.589. The van der Waals surface area contributed by atoms with Crippen LogP contribution in [0.3, 0.4) is 0 Å². The van der Waals surface area contributed by atoms with Gasteiger partial charge in [-0.2, -0.15) is 4.98 Å². The predicted octanol–water partition coefficient (Wildman–Crippen LogP) is 3.36. The summed E-state index contributed by atoms with van der Waals surface area (Å²) >= 11 is 1.50. The topological polar surface area (TPSA) is 106 Å². The monoisotopic (exact) mass is 400 g/mol. The number of nitrogens with one attached hydrogen (secondary N) is 2. The van der Waals surface area contributed by atoms with Crippen LogP contribution in [-0.2, 0) is 17.9 Å². The van der Waals surface area contributed by atoms with Crippen LogP contribution in [0.25, 0.3) is 10.7 Å². The third-order valence-corrected chi connectivity index (χ3v) is 4.46. The van der Waals surface area contributed by atoms with Gasteiger partial charge in [0.2, 0.25) is 5.82 Å². The van der Waals surface area contributed by atoms with Crippen molar-refractivity contribution in [1.29, 1.82) is 0 Å². The van der Waals surface area contributed by atoms with E-state index in [1.54, 1.807) is 24.3 Å². The Morgan fingerprint density at radius 1 is 1.21 bits per heavy atom. The van der Waals surface area contributed by atoms with Crippen LogP contribution in [0.5, 0.6) is 0 Å². The summed E-state index contributed by atoms with van der Waals surface area (Å²) in [5.41, 5.74) is 1.27. The van der Waals surface area contributed by atoms with Gasteiger partial charge < -0.3 is 19.9 Å². The molecular weight excluding hydrogens is 380 g/mol. The second kappa shape index (κ2) is 9.14. The minimum atomic E-state index is -0.493. The summed E-state index contributed by atoms with van der Waals surface area (Å²) in [6, 6.07) is 10.4. The molecule has 2 amide bonds. The second-order valence-electron chi connectivity index (χ2n) is 6.24. The molecule has 0 radical (unpaired) electrons. The van der Waals surface area contributed by atoms with Crippen LogP contribution < -0.4 is 10.6 Å². The zero-order valence-corrected chi connectivity index (χ0v) is 16.3. The van der Waals surface area contributed by atoms with Gasteiger partial charge >= 0.3 is 12.0 Å². The fourth-order valence-electron chi connectivity index (χ4n) is 2.28. The highest BCUT2D eigenvalue weighted by atomic mass is 32.1. The van der Waals surface area contributed by atoms with Gasteiger partial charge in [0.05, 0.1) is 10.4 Å². The minimum Gasteiger partial charge on any atom is -0.452 e. The molecule has 8 nitrogen and oxygen atoms in total. The number of rotatable bonds is 7. The Morgan fingerprint density at radius 3 is 2.68 bits per heavy atom. The lowest BCUT2D eigenvalue weighted by Gasteiger charge is -2.10. The minimum absolute atomic E-state index is 0.0670. The third kappa shape index (κ3) is 5.40. The van der Waals surface area contributed by atoms with E-state index in [1.807, 2.05) is 31.4 Å². The highest BCUT2D eigenvalue weighted by Gasteiger charge is 2.13. The number of thiophene rings is 1. The van der Waals surface area contributed by atoms with E-state index in [0.717, 1.165) is 10.4 Å². The van der Waals surface area contributed by atoms with E-state index in [4.69, 9.17) is 9.26 Å². The highest BCUT2D eigenvalue weighted by Crippen LogP contribution is 2.21. The van der Waals surface area contributed by atoms with Crippen LogP contribution in [0.15, 0.2) is 46.3 Å².